The zero-order chi connectivity index (χ0) is 15.9. The smallest absolute Gasteiger partial charge is 0.251 e. The predicted molar refractivity (Wildman–Crippen MR) is 89.4 cm³/mol. The molecule has 0 saturated heterocycles. The van der Waals surface area contributed by atoms with Crippen LogP contribution < -0.4 is 10.6 Å². The van der Waals surface area contributed by atoms with Crippen LogP contribution >= 0.6 is 0 Å². The third-order valence-corrected chi connectivity index (χ3v) is 3.25. The van der Waals surface area contributed by atoms with E-state index in [0.29, 0.717) is 17.9 Å². The molecule has 2 aromatic heterocycles. The van der Waals surface area contributed by atoms with E-state index in [1.54, 1.807) is 30.7 Å². The summed E-state index contributed by atoms with van der Waals surface area (Å²) in [4.78, 5) is 20.5. The maximum atomic E-state index is 12.2. The minimum Gasteiger partial charge on any atom is -0.348 e. The minimum atomic E-state index is -0.134. The Labute approximate surface area is 134 Å². The average molecular weight is 304 g/mol. The average Bonchev–Trinajstić information content (AvgIpc) is 2.62. The van der Waals surface area contributed by atoms with Crippen LogP contribution in [0, 0.1) is 0 Å². The highest BCUT2D eigenvalue weighted by atomic mass is 16.1. The third-order valence-electron chi connectivity index (χ3n) is 3.25. The van der Waals surface area contributed by atoms with E-state index in [9.17, 15) is 4.79 Å². The number of carbonyl (C=O) groups excluding carboxylic acids is 1. The summed E-state index contributed by atoms with van der Waals surface area (Å²) in [5.41, 5.74) is 2.44. The number of nitrogens with zero attached hydrogens (tertiary/aromatic N) is 2. The molecule has 0 aliphatic rings. The molecule has 0 aliphatic carbocycles. The van der Waals surface area contributed by atoms with Gasteiger partial charge in [-0.1, -0.05) is 30.3 Å². The summed E-state index contributed by atoms with van der Waals surface area (Å²) in [6.45, 7) is 0.493. The lowest BCUT2D eigenvalue weighted by Gasteiger charge is -2.08. The quantitative estimate of drug-likeness (QED) is 0.760. The standard InChI is InChI=1S/C18H16N4O/c23-18(21-12-14-5-2-1-3-6-14)15-8-10-20-17(11-15)22-16-7-4-9-19-13-16/h1-11,13H,12H2,(H,20,22)(H,21,23). The molecule has 3 rings (SSSR count). The normalized spacial score (nSPS) is 10.1. The number of aromatic nitrogens is 2. The maximum Gasteiger partial charge on any atom is 0.251 e. The third kappa shape index (κ3) is 4.14. The van der Waals surface area contributed by atoms with Crippen LogP contribution in [0.3, 0.4) is 0 Å². The van der Waals surface area contributed by atoms with Crippen molar-refractivity contribution in [3.8, 4) is 0 Å². The molecule has 5 heteroatoms. The Morgan fingerprint density at radius 1 is 1.00 bits per heavy atom. The molecule has 114 valence electrons. The highest BCUT2D eigenvalue weighted by molar-refractivity contribution is 5.94. The molecule has 2 N–H and O–H groups in total. The number of hydrogen-bond donors (Lipinski definition) is 2. The summed E-state index contributed by atoms with van der Waals surface area (Å²) in [5.74, 6) is 0.468. The predicted octanol–water partition coefficient (Wildman–Crippen LogP) is 3.15. The lowest BCUT2D eigenvalue weighted by Crippen LogP contribution is -2.22. The number of rotatable bonds is 5. The van der Waals surface area contributed by atoms with Crippen molar-refractivity contribution in [2.45, 2.75) is 6.54 Å². The van der Waals surface area contributed by atoms with Crippen molar-refractivity contribution in [1.29, 1.82) is 0 Å². The summed E-state index contributed by atoms with van der Waals surface area (Å²) in [6, 6.07) is 16.9. The molecule has 3 aromatic rings. The van der Waals surface area contributed by atoms with Gasteiger partial charge in [-0.15, -0.1) is 0 Å². The molecule has 1 amide bonds. The number of benzene rings is 1. The highest BCUT2D eigenvalue weighted by Crippen LogP contribution is 2.14. The molecule has 1 aromatic carbocycles. The molecule has 0 aliphatic heterocycles. The van der Waals surface area contributed by atoms with Gasteiger partial charge >= 0.3 is 0 Å². The summed E-state index contributed by atoms with van der Waals surface area (Å²) in [5, 5.41) is 6.02. The number of anilines is 2. The van der Waals surface area contributed by atoms with Crippen LogP contribution in [-0.4, -0.2) is 15.9 Å². The zero-order valence-electron chi connectivity index (χ0n) is 12.4. The number of pyridine rings is 2. The topological polar surface area (TPSA) is 66.9 Å². The fourth-order valence-corrected chi connectivity index (χ4v) is 2.10. The van der Waals surface area contributed by atoms with Crippen molar-refractivity contribution in [1.82, 2.24) is 15.3 Å². The molecule has 2 heterocycles. The zero-order valence-corrected chi connectivity index (χ0v) is 12.4. The van der Waals surface area contributed by atoms with Crippen molar-refractivity contribution < 1.29 is 4.79 Å². The molecule has 0 unspecified atom stereocenters. The molecule has 5 nitrogen and oxygen atoms in total. The fraction of sp³-hybridized carbons (Fsp3) is 0.0556. The molecule has 0 fully saturated rings. The lowest BCUT2D eigenvalue weighted by molar-refractivity contribution is 0.0951. The van der Waals surface area contributed by atoms with Crippen molar-refractivity contribution >= 4 is 17.4 Å². The molecule has 0 radical (unpaired) electrons. The number of carbonyl (C=O) groups is 1. The van der Waals surface area contributed by atoms with E-state index in [4.69, 9.17) is 0 Å². The van der Waals surface area contributed by atoms with Crippen molar-refractivity contribution in [2.75, 3.05) is 5.32 Å². The number of nitrogens with one attached hydrogen (secondary N) is 2. The Morgan fingerprint density at radius 2 is 1.87 bits per heavy atom. The largest absolute Gasteiger partial charge is 0.348 e. The van der Waals surface area contributed by atoms with Crippen LogP contribution in [0.4, 0.5) is 11.5 Å². The van der Waals surface area contributed by atoms with Gasteiger partial charge in [-0.05, 0) is 29.8 Å². The Morgan fingerprint density at radius 3 is 2.65 bits per heavy atom. The number of amides is 1. The van der Waals surface area contributed by atoms with E-state index in [1.807, 2.05) is 42.5 Å². The van der Waals surface area contributed by atoms with E-state index in [2.05, 4.69) is 20.6 Å². The van der Waals surface area contributed by atoms with Gasteiger partial charge in [0.2, 0.25) is 0 Å². The first-order valence-electron chi connectivity index (χ1n) is 7.26. The Bertz CT molecular complexity index is 775. The van der Waals surface area contributed by atoms with Gasteiger partial charge in [0.05, 0.1) is 11.9 Å². The van der Waals surface area contributed by atoms with Crippen LogP contribution in [-0.2, 0) is 6.54 Å². The molecule has 0 saturated carbocycles. The summed E-state index contributed by atoms with van der Waals surface area (Å²) in [7, 11) is 0. The molecule has 0 atom stereocenters. The van der Waals surface area contributed by atoms with Crippen LogP contribution in [0.15, 0.2) is 73.2 Å². The Balaban J connectivity index is 1.65. The Hall–Kier alpha value is -3.21. The van der Waals surface area contributed by atoms with Gasteiger partial charge in [-0.25, -0.2) is 4.98 Å². The van der Waals surface area contributed by atoms with Gasteiger partial charge in [0.15, 0.2) is 0 Å². The van der Waals surface area contributed by atoms with E-state index in [0.717, 1.165) is 11.3 Å². The molecule has 0 bridgehead atoms. The Kier molecular flexibility index (Phi) is 4.59. The molecular formula is C18H16N4O. The monoisotopic (exact) mass is 304 g/mol. The highest BCUT2D eigenvalue weighted by Gasteiger charge is 2.07. The minimum absolute atomic E-state index is 0.134. The first-order valence-corrected chi connectivity index (χ1v) is 7.26. The number of hydrogen-bond acceptors (Lipinski definition) is 4. The van der Waals surface area contributed by atoms with Crippen LogP contribution in [0.2, 0.25) is 0 Å². The van der Waals surface area contributed by atoms with Crippen molar-refractivity contribution in [3.63, 3.8) is 0 Å². The SMILES string of the molecule is O=C(NCc1ccccc1)c1ccnc(Nc2cccnc2)c1. The first kappa shape index (κ1) is 14.7. The van der Waals surface area contributed by atoms with Gasteiger partial charge in [0.25, 0.3) is 5.91 Å². The first-order chi connectivity index (χ1) is 11.3. The summed E-state index contributed by atoms with van der Waals surface area (Å²) in [6.07, 6.45) is 5.01. The van der Waals surface area contributed by atoms with E-state index >= 15 is 0 Å². The van der Waals surface area contributed by atoms with Crippen LogP contribution in [0.25, 0.3) is 0 Å². The van der Waals surface area contributed by atoms with Gasteiger partial charge in [-0.2, -0.15) is 0 Å². The fourth-order valence-electron chi connectivity index (χ4n) is 2.10. The van der Waals surface area contributed by atoms with E-state index in [1.165, 1.54) is 0 Å². The van der Waals surface area contributed by atoms with Gasteiger partial charge in [0.1, 0.15) is 5.82 Å². The van der Waals surface area contributed by atoms with Crippen LogP contribution in [0.5, 0.6) is 0 Å². The van der Waals surface area contributed by atoms with E-state index in [-0.39, 0.29) is 5.91 Å². The van der Waals surface area contributed by atoms with Gasteiger partial charge in [-0.3, -0.25) is 9.78 Å². The summed E-state index contributed by atoms with van der Waals surface area (Å²) < 4.78 is 0. The van der Waals surface area contributed by atoms with E-state index < -0.39 is 0 Å². The maximum absolute atomic E-state index is 12.2. The molecular weight excluding hydrogens is 288 g/mol. The van der Waals surface area contributed by atoms with Gasteiger partial charge in [0, 0.05) is 24.5 Å². The second-order valence-corrected chi connectivity index (χ2v) is 4.96. The summed E-state index contributed by atoms with van der Waals surface area (Å²) >= 11 is 0. The van der Waals surface area contributed by atoms with Gasteiger partial charge < -0.3 is 10.6 Å². The van der Waals surface area contributed by atoms with Crippen molar-refractivity contribution in [2.24, 2.45) is 0 Å². The second kappa shape index (κ2) is 7.17. The molecule has 23 heavy (non-hydrogen) atoms. The van der Waals surface area contributed by atoms with Crippen LogP contribution in [0.1, 0.15) is 15.9 Å². The lowest BCUT2D eigenvalue weighted by atomic mass is 10.2. The second-order valence-electron chi connectivity index (χ2n) is 4.96. The molecule has 0 spiro atoms. The van der Waals surface area contributed by atoms with Crippen molar-refractivity contribution in [3.05, 3.63) is 84.3 Å².